The first-order chi connectivity index (χ1) is 13.2. The van der Waals surface area contributed by atoms with E-state index in [0.717, 1.165) is 5.57 Å². The van der Waals surface area contributed by atoms with Crippen molar-refractivity contribution in [1.82, 2.24) is 15.5 Å². The summed E-state index contributed by atoms with van der Waals surface area (Å²) in [5.41, 5.74) is 2.31. The zero-order valence-electron chi connectivity index (χ0n) is 15.5. The highest BCUT2D eigenvalue weighted by atomic mass is 19.4. The summed E-state index contributed by atoms with van der Waals surface area (Å²) in [5.74, 6) is -2.00. The van der Waals surface area contributed by atoms with Gasteiger partial charge in [0.1, 0.15) is 6.61 Å². The molecule has 1 heterocycles. The van der Waals surface area contributed by atoms with Crippen LogP contribution >= 0.6 is 0 Å². The van der Waals surface area contributed by atoms with Crippen LogP contribution in [-0.4, -0.2) is 34.9 Å². The van der Waals surface area contributed by atoms with Crippen LogP contribution in [0.2, 0.25) is 0 Å². The first-order valence-electron chi connectivity index (χ1n) is 8.25. The van der Waals surface area contributed by atoms with E-state index in [1.54, 1.807) is 6.92 Å². The van der Waals surface area contributed by atoms with Crippen LogP contribution in [0.1, 0.15) is 37.0 Å². The highest BCUT2D eigenvalue weighted by molar-refractivity contribution is 5.97. The van der Waals surface area contributed by atoms with Gasteiger partial charge in [-0.15, -0.1) is 0 Å². The Bertz CT molecular complexity index is 867. The van der Waals surface area contributed by atoms with Gasteiger partial charge in [0.05, 0.1) is 12.3 Å². The molecule has 0 aliphatic rings. The molecule has 2 rings (SSSR count). The van der Waals surface area contributed by atoms with Gasteiger partial charge in [-0.1, -0.05) is 28.0 Å². The summed E-state index contributed by atoms with van der Waals surface area (Å²) in [4.78, 5) is 20.5. The molecule has 0 bridgehead atoms. The molecule has 0 unspecified atom stereocenters. The van der Waals surface area contributed by atoms with E-state index in [9.17, 15) is 18.0 Å². The minimum atomic E-state index is -4.71. The van der Waals surface area contributed by atoms with Crippen molar-refractivity contribution in [1.29, 1.82) is 0 Å². The Labute approximate surface area is 159 Å². The summed E-state index contributed by atoms with van der Waals surface area (Å²) >= 11 is 0. The minimum Gasteiger partial charge on any atom is -0.392 e. The molecular formula is C18H19F3N4O3. The number of hydrogen-bond acceptors (Lipinski definition) is 6. The molecule has 10 heteroatoms. The van der Waals surface area contributed by atoms with Crippen LogP contribution in [0.3, 0.4) is 0 Å². The second-order valence-electron chi connectivity index (χ2n) is 6.08. The Morgan fingerprint density at radius 1 is 1.25 bits per heavy atom. The SMILES string of the molecule is CC(C)=CCO/N=C(\C)CNC(=O)c1ccc(-c2noc(C(F)(F)F)n2)cc1. The van der Waals surface area contributed by atoms with Crippen molar-refractivity contribution in [2.24, 2.45) is 5.16 Å². The van der Waals surface area contributed by atoms with E-state index in [-0.39, 0.29) is 18.3 Å². The van der Waals surface area contributed by atoms with Crippen LogP contribution in [0.25, 0.3) is 11.4 Å². The maximum absolute atomic E-state index is 12.5. The van der Waals surface area contributed by atoms with Gasteiger partial charge >= 0.3 is 12.1 Å². The summed E-state index contributed by atoms with van der Waals surface area (Å²) in [6.07, 6.45) is -2.84. The lowest BCUT2D eigenvalue weighted by Gasteiger charge is -2.05. The van der Waals surface area contributed by atoms with E-state index in [1.165, 1.54) is 24.3 Å². The summed E-state index contributed by atoms with van der Waals surface area (Å²) in [7, 11) is 0. The number of alkyl halides is 3. The summed E-state index contributed by atoms with van der Waals surface area (Å²) in [6, 6.07) is 5.77. The van der Waals surface area contributed by atoms with E-state index >= 15 is 0 Å². The Hall–Kier alpha value is -3.17. The van der Waals surface area contributed by atoms with Crippen molar-refractivity contribution in [3.63, 3.8) is 0 Å². The molecule has 0 radical (unpaired) electrons. The van der Waals surface area contributed by atoms with Gasteiger partial charge in [0.15, 0.2) is 0 Å². The first kappa shape index (κ1) is 21.1. The molecule has 2 aromatic rings. The number of rotatable bonds is 7. The molecule has 1 aromatic carbocycles. The molecule has 1 amide bonds. The molecular weight excluding hydrogens is 377 g/mol. The first-order valence-corrected chi connectivity index (χ1v) is 8.25. The molecule has 0 spiro atoms. The number of oxime groups is 1. The fourth-order valence-corrected chi connectivity index (χ4v) is 1.92. The number of carbonyl (C=O) groups excluding carboxylic acids is 1. The molecule has 0 fully saturated rings. The quantitative estimate of drug-likeness (QED) is 0.332. The lowest BCUT2D eigenvalue weighted by atomic mass is 10.1. The Balaban J connectivity index is 1.92. The highest BCUT2D eigenvalue weighted by Crippen LogP contribution is 2.29. The second kappa shape index (κ2) is 9.16. The Morgan fingerprint density at radius 3 is 2.50 bits per heavy atom. The van der Waals surface area contributed by atoms with Crippen LogP contribution < -0.4 is 5.32 Å². The van der Waals surface area contributed by atoms with Gasteiger partial charge in [-0.2, -0.15) is 18.2 Å². The van der Waals surface area contributed by atoms with Crippen molar-refractivity contribution < 1.29 is 27.3 Å². The zero-order chi connectivity index (χ0) is 20.7. The van der Waals surface area contributed by atoms with Gasteiger partial charge in [-0.05, 0) is 39.0 Å². The van der Waals surface area contributed by atoms with Crippen molar-refractivity contribution in [3.8, 4) is 11.4 Å². The fourth-order valence-electron chi connectivity index (χ4n) is 1.92. The lowest BCUT2D eigenvalue weighted by Crippen LogP contribution is -2.28. The van der Waals surface area contributed by atoms with E-state index in [0.29, 0.717) is 23.4 Å². The number of nitrogens with zero attached hydrogens (tertiary/aromatic N) is 3. The lowest BCUT2D eigenvalue weighted by molar-refractivity contribution is -0.159. The van der Waals surface area contributed by atoms with E-state index in [2.05, 4.69) is 25.1 Å². The molecule has 150 valence electrons. The molecule has 0 aliphatic carbocycles. The molecule has 1 aromatic heterocycles. The van der Waals surface area contributed by atoms with Crippen LogP contribution in [0, 0.1) is 0 Å². The number of benzene rings is 1. The van der Waals surface area contributed by atoms with Crippen LogP contribution in [-0.2, 0) is 11.0 Å². The number of halogens is 3. The predicted octanol–water partition coefficient (Wildman–Crippen LogP) is 3.84. The summed E-state index contributed by atoms with van der Waals surface area (Å²) in [6.45, 7) is 6.13. The van der Waals surface area contributed by atoms with Gasteiger partial charge in [-0.25, -0.2) is 0 Å². The predicted molar refractivity (Wildman–Crippen MR) is 95.6 cm³/mol. The van der Waals surface area contributed by atoms with Crippen LogP contribution in [0.15, 0.2) is 45.6 Å². The maximum atomic E-state index is 12.5. The number of allylic oxidation sites excluding steroid dienone is 1. The monoisotopic (exact) mass is 396 g/mol. The van der Waals surface area contributed by atoms with E-state index in [4.69, 9.17) is 4.84 Å². The summed E-state index contributed by atoms with van der Waals surface area (Å²) in [5, 5.41) is 9.84. The third kappa shape index (κ3) is 6.22. The molecule has 7 nitrogen and oxygen atoms in total. The van der Waals surface area contributed by atoms with Crippen molar-refractivity contribution >= 4 is 11.6 Å². The van der Waals surface area contributed by atoms with Gasteiger partial charge in [-0.3, -0.25) is 4.79 Å². The number of hydrogen-bond donors (Lipinski definition) is 1. The molecule has 0 aliphatic heterocycles. The maximum Gasteiger partial charge on any atom is 0.471 e. The third-order valence-corrected chi connectivity index (χ3v) is 3.37. The zero-order valence-corrected chi connectivity index (χ0v) is 15.5. The molecule has 0 saturated carbocycles. The topological polar surface area (TPSA) is 89.6 Å². The van der Waals surface area contributed by atoms with Crippen LogP contribution in [0.4, 0.5) is 13.2 Å². The fraction of sp³-hybridized carbons (Fsp3) is 0.333. The van der Waals surface area contributed by atoms with E-state index in [1.807, 2.05) is 19.9 Å². The number of amides is 1. The highest BCUT2D eigenvalue weighted by Gasteiger charge is 2.38. The largest absolute Gasteiger partial charge is 0.471 e. The van der Waals surface area contributed by atoms with Crippen molar-refractivity contribution in [2.45, 2.75) is 26.9 Å². The van der Waals surface area contributed by atoms with Gasteiger partial charge < -0.3 is 14.7 Å². The third-order valence-electron chi connectivity index (χ3n) is 3.37. The molecule has 0 saturated heterocycles. The normalized spacial score (nSPS) is 11.9. The Morgan fingerprint density at radius 2 is 1.93 bits per heavy atom. The van der Waals surface area contributed by atoms with Crippen LogP contribution in [0.5, 0.6) is 0 Å². The standard InChI is InChI=1S/C18H19F3N4O3/c1-11(2)8-9-27-24-12(3)10-22-16(26)14-6-4-13(5-7-14)15-23-17(28-25-15)18(19,20)21/h4-8H,9-10H2,1-3H3,(H,22,26)/b24-12+. The number of nitrogens with one attached hydrogen (secondary N) is 1. The molecule has 0 atom stereocenters. The smallest absolute Gasteiger partial charge is 0.392 e. The van der Waals surface area contributed by atoms with Gasteiger partial charge in [0, 0.05) is 11.1 Å². The van der Waals surface area contributed by atoms with Gasteiger partial charge in [0.25, 0.3) is 5.91 Å². The second-order valence-corrected chi connectivity index (χ2v) is 6.08. The molecule has 28 heavy (non-hydrogen) atoms. The van der Waals surface area contributed by atoms with Crippen molar-refractivity contribution in [3.05, 3.63) is 47.4 Å². The average molecular weight is 396 g/mol. The van der Waals surface area contributed by atoms with Crippen molar-refractivity contribution in [2.75, 3.05) is 13.2 Å². The number of carbonyl (C=O) groups is 1. The Kier molecular flexibility index (Phi) is 6.91. The minimum absolute atomic E-state index is 0.190. The number of aromatic nitrogens is 2. The average Bonchev–Trinajstić information content (AvgIpc) is 3.14. The van der Waals surface area contributed by atoms with E-state index < -0.39 is 12.1 Å². The summed E-state index contributed by atoms with van der Waals surface area (Å²) < 4.78 is 41.7. The van der Waals surface area contributed by atoms with Gasteiger partial charge in [0.2, 0.25) is 5.82 Å². The molecule has 1 N–H and O–H groups in total.